The molecule has 0 saturated carbocycles. The number of thioether (sulfide) groups is 1. The highest BCUT2D eigenvalue weighted by Crippen LogP contribution is 2.39. The first-order valence-electron chi connectivity index (χ1n) is 10.4. The molecule has 182 valence electrons. The quantitative estimate of drug-likeness (QED) is 0.170. The monoisotopic (exact) mass is 512 g/mol. The standard InChI is InChI=1S/C24H24N4O5S2/c1-15-5-7-18(8-6-15)32-9-10-33-21-19(30-2)12-16(13-20(21)31-3)11-17(14-25)22(29)26-23-27-24(34-4)28-35-23/h5-8,11-13H,9-10H2,1-4H3,(H,26,27,28,29)/b17-11-. The number of ether oxygens (including phenoxy) is 4. The van der Waals surface area contributed by atoms with Gasteiger partial charge < -0.3 is 18.9 Å². The highest BCUT2D eigenvalue weighted by Gasteiger charge is 2.17. The first-order chi connectivity index (χ1) is 17.0. The van der Waals surface area contributed by atoms with Gasteiger partial charge in [-0.1, -0.05) is 29.5 Å². The molecule has 35 heavy (non-hydrogen) atoms. The van der Waals surface area contributed by atoms with Gasteiger partial charge in [-0.2, -0.15) is 14.6 Å². The van der Waals surface area contributed by atoms with Crippen LogP contribution in [0.15, 0.2) is 47.1 Å². The Balaban J connectivity index is 1.72. The fourth-order valence-corrected chi connectivity index (χ4v) is 4.01. The summed E-state index contributed by atoms with van der Waals surface area (Å²) in [6, 6.07) is 13.0. The molecule has 0 aliphatic rings. The van der Waals surface area contributed by atoms with Crippen LogP contribution in [0.2, 0.25) is 0 Å². The molecule has 2 aromatic carbocycles. The summed E-state index contributed by atoms with van der Waals surface area (Å²) in [5.74, 6) is 1.32. The molecule has 1 aromatic heterocycles. The van der Waals surface area contributed by atoms with Crippen LogP contribution in [0.1, 0.15) is 11.1 Å². The molecule has 0 radical (unpaired) electrons. The van der Waals surface area contributed by atoms with E-state index >= 15 is 0 Å². The average molecular weight is 513 g/mol. The van der Waals surface area contributed by atoms with Gasteiger partial charge in [0.15, 0.2) is 11.5 Å². The van der Waals surface area contributed by atoms with E-state index in [0.717, 1.165) is 22.8 Å². The van der Waals surface area contributed by atoms with Crippen LogP contribution in [0.3, 0.4) is 0 Å². The zero-order chi connectivity index (χ0) is 25.2. The number of carbonyl (C=O) groups is 1. The molecule has 1 N–H and O–H groups in total. The number of aryl methyl sites for hydroxylation is 1. The van der Waals surface area contributed by atoms with Gasteiger partial charge in [0.2, 0.25) is 16.0 Å². The number of nitrogens with zero attached hydrogens (tertiary/aromatic N) is 3. The van der Waals surface area contributed by atoms with Crippen LogP contribution in [0.4, 0.5) is 5.13 Å². The third kappa shape index (κ3) is 7.11. The molecule has 0 bridgehead atoms. The van der Waals surface area contributed by atoms with Gasteiger partial charge >= 0.3 is 0 Å². The molecular weight excluding hydrogens is 488 g/mol. The van der Waals surface area contributed by atoms with E-state index < -0.39 is 5.91 Å². The molecule has 11 heteroatoms. The van der Waals surface area contributed by atoms with E-state index in [1.807, 2.05) is 43.5 Å². The summed E-state index contributed by atoms with van der Waals surface area (Å²) >= 11 is 2.40. The second-order valence-corrected chi connectivity index (χ2v) is 8.50. The minimum atomic E-state index is -0.595. The number of benzene rings is 2. The molecule has 0 atom stereocenters. The summed E-state index contributed by atoms with van der Waals surface area (Å²) in [7, 11) is 2.99. The Bertz CT molecular complexity index is 1210. The molecule has 0 unspecified atom stereocenters. The number of rotatable bonds is 11. The van der Waals surface area contributed by atoms with E-state index in [9.17, 15) is 10.1 Å². The smallest absolute Gasteiger partial charge is 0.268 e. The number of nitrogens with one attached hydrogen (secondary N) is 1. The van der Waals surface area contributed by atoms with Crippen LogP contribution >= 0.6 is 23.3 Å². The topological polar surface area (TPSA) is 116 Å². The van der Waals surface area contributed by atoms with Crippen molar-refractivity contribution >= 4 is 40.4 Å². The Morgan fingerprint density at radius 2 is 1.80 bits per heavy atom. The van der Waals surface area contributed by atoms with Crippen LogP contribution in [0.5, 0.6) is 23.0 Å². The third-order valence-electron chi connectivity index (χ3n) is 4.59. The predicted octanol–water partition coefficient (Wildman–Crippen LogP) is 4.59. The number of carbonyl (C=O) groups excluding carboxylic acids is 1. The van der Waals surface area contributed by atoms with Gasteiger partial charge in [-0.15, -0.1) is 0 Å². The highest BCUT2D eigenvalue weighted by molar-refractivity contribution is 7.98. The summed E-state index contributed by atoms with van der Waals surface area (Å²) < 4.78 is 26.6. The number of hydrogen-bond acceptors (Lipinski definition) is 10. The lowest BCUT2D eigenvalue weighted by Crippen LogP contribution is -2.13. The van der Waals surface area contributed by atoms with E-state index in [1.54, 1.807) is 12.1 Å². The van der Waals surface area contributed by atoms with Crippen molar-refractivity contribution in [3.05, 3.63) is 53.1 Å². The molecule has 1 heterocycles. The number of amides is 1. The van der Waals surface area contributed by atoms with E-state index in [1.165, 1.54) is 32.1 Å². The molecule has 0 fully saturated rings. The zero-order valence-corrected chi connectivity index (χ0v) is 21.3. The Morgan fingerprint density at radius 3 is 2.37 bits per heavy atom. The van der Waals surface area contributed by atoms with Crippen molar-refractivity contribution in [3.8, 4) is 29.1 Å². The van der Waals surface area contributed by atoms with Gasteiger partial charge in [0.1, 0.15) is 30.6 Å². The molecule has 0 saturated heterocycles. The number of nitriles is 1. The molecule has 1 amide bonds. The van der Waals surface area contributed by atoms with Crippen molar-refractivity contribution in [2.75, 3.05) is 39.0 Å². The van der Waals surface area contributed by atoms with Gasteiger partial charge in [-0.05, 0) is 49.1 Å². The second-order valence-electron chi connectivity index (χ2n) is 6.97. The zero-order valence-electron chi connectivity index (χ0n) is 19.7. The second kappa shape index (κ2) is 12.6. The minimum Gasteiger partial charge on any atom is -0.493 e. The van der Waals surface area contributed by atoms with Gasteiger partial charge in [0.05, 0.1) is 14.2 Å². The molecule has 3 rings (SSSR count). The van der Waals surface area contributed by atoms with Crippen molar-refractivity contribution in [2.45, 2.75) is 12.1 Å². The fourth-order valence-electron chi connectivity index (χ4n) is 2.89. The molecule has 0 aliphatic heterocycles. The lowest BCUT2D eigenvalue weighted by Gasteiger charge is -2.16. The number of hydrogen-bond donors (Lipinski definition) is 1. The van der Waals surface area contributed by atoms with Gasteiger partial charge in [0.25, 0.3) is 5.91 Å². The summed E-state index contributed by atoms with van der Waals surface area (Å²) in [6.45, 7) is 2.58. The maximum absolute atomic E-state index is 12.6. The SMILES string of the molecule is COc1cc(/C=C(/C#N)C(=O)Nc2nc(SC)ns2)cc(OC)c1OCCOc1ccc(C)cc1. The van der Waals surface area contributed by atoms with Crippen LogP contribution < -0.4 is 24.3 Å². The van der Waals surface area contributed by atoms with Crippen molar-refractivity contribution in [1.29, 1.82) is 5.26 Å². The first kappa shape index (κ1) is 25.9. The summed E-state index contributed by atoms with van der Waals surface area (Å²) in [4.78, 5) is 16.7. The van der Waals surface area contributed by atoms with E-state index in [0.29, 0.717) is 39.7 Å². The fraction of sp³-hybridized carbons (Fsp3) is 0.250. The van der Waals surface area contributed by atoms with Crippen LogP contribution in [0.25, 0.3) is 6.08 Å². The van der Waals surface area contributed by atoms with Gasteiger partial charge in [-0.3, -0.25) is 10.1 Å². The van der Waals surface area contributed by atoms with Crippen LogP contribution in [0, 0.1) is 18.3 Å². The first-order valence-corrected chi connectivity index (χ1v) is 12.4. The van der Waals surface area contributed by atoms with E-state index in [2.05, 4.69) is 14.7 Å². The van der Waals surface area contributed by atoms with Crippen molar-refractivity contribution in [3.63, 3.8) is 0 Å². The summed E-state index contributed by atoms with van der Waals surface area (Å²) in [5.41, 5.74) is 1.56. The van der Waals surface area contributed by atoms with Crippen LogP contribution in [-0.4, -0.2) is 49.0 Å². The molecule has 0 spiro atoms. The van der Waals surface area contributed by atoms with E-state index in [4.69, 9.17) is 18.9 Å². The molecular formula is C24H24N4O5S2. The Kier molecular flexibility index (Phi) is 9.34. The minimum absolute atomic E-state index is 0.116. The lowest BCUT2D eigenvalue weighted by molar-refractivity contribution is -0.112. The molecule has 3 aromatic rings. The van der Waals surface area contributed by atoms with Crippen molar-refractivity contribution < 1.29 is 23.7 Å². The number of aromatic nitrogens is 2. The summed E-state index contributed by atoms with van der Waals surface area (Å²) in [6.07, 6.45) is 3.26. The Hall–Kier alpha value is -3.75. The third-order valence-corrected chi connectivity index (χ3v) is 5.88. The maximum Gasteiger partial charge on any atom is 0.268 e. The Morgan fingerprint density at radius 1 is 1.14 bits per heavy atom. The van der Waals surface area contributed by atoms with Crippen molar-refractivity contribution in [1.82, 2.24) is 9.36 Å². The highest BCUT2D eigenvalue weighted by atomic mass is 32.2. The normalized spacial score (nSPS) is 10.9. The van der Waals surface area contributed by atoms with Gasteiger partial charge in [0, 0.05) is 11.5 Å². The Labute approximate surface area is 211 Å². The average Bonchev–Trinajstić information content (AvgIpc) is 3.33. The predicted molar refractivity (Wildman–Crippen MR) is 136 cm³/mol. The number of anilines is 1. The largest absolute Gasteiger partial charge is 0.493 e. The van der Waals surface area contributed by atoms with Gasteiger partial charge in [-0.25, -0.2) is 0 Å². The van der Waals surface area contributed by atoms with Crippen LogP contribution in [-0.2, 0) is 4.79 Å². The maximum atomic E-state index is 12.6. The molecule has 9 nitrogen and oxygen atoms in total. The lowest BCUT2D eigenvalue weighted by atomic mass is 10.1. The summed E-state index contributed by atoms with van der Waals surface area (Å²) in [5, 5.41) is 13.0. The van der Waals surface area contributed by atoms with Crippen molar-refractivity contribution in [2.24, 2.45) is 0 Å². The molecule has 0 aliphatic carbocycles. The van der Waals surface area contributed by atoms with E-state index in [-0.39, 0.29) is 12.2 Å². The number of methoxy groups -OCH3 is 2.